The molecule has 0 aliphatic carbocycles. The van der Waals surface area contributed by atoms with Crippen molar-refractivity contribution in [1.29, 1.82) is 0 Å². The lowest BCUT2D eigenvalue weighted by Crippen LogP contribution is -2.35. The molecule has 0 aliphatic heterocycles. The molecule has 53 heavy (non-hydrogen) atoms. The summed E-state index contributed by atoms with van der Waals surface area (Å²) >= 11 is 0. The van der Waals surface area contributed by atoms with E-state index in [4.69, 9.17) is 24.1 Å². The van der Waals surface area contributed by atoms with Gasteiger partial charge in [0.1, 0.15) is 22.4 Å². The summed E-state index contributed by atoms with van der Waals surface area (Å²) in [5, 5.41) is 8.59. The molecular weight excluding hydrogens is 676 g/mol. The number of rotatable bonds is 9. The maximum Gasteiger partial charge on any atom is 0.312 e. The molecular formula is C43H90O10. The molecule has 0 aromatic heterocycles. The van der Waals surface area contributed by atoms with Crippen LogP contribution in [0.4, 0.5) is 0 Å². The van der Waals surface area contributed by atoms with E-state index in [1.54, 1.807) is 40.7 Å². The number of ether oxygens (including phenoxy) is 4. The Morgan fingerprint density at radius 1 is 0.528 bits per heavy atom. The summed E-state index contributed by atoms with van der Waals surface area (Å²) in [6, 6.07) is 0. The van der Waals surface area contributed by atoms with E-state index in [2.05, 4.69) is 6.58 Å². The quantitative estimate of drug-likeness (QED) is 0.137. The van der Waals surface area contributed by atoms with Crippen LogP contribution in [0.15, 0.2) is 12.7 Å². The van der Waals surface area contributed by atoms with Crippen molar-refractivity contribution in [1.82, 2.24) is 0 Å². The topological polar surface area (TPSA) is 142 Å². The van der Waals surface area contributed by atoms with Crippen LogP contribution >= 0.6 is 0 Å². The number of carbonyl (C=O) groups excluding carboxylic acids is 4. The van der Waals surface area contributed by atoms with E-state index in [0.717, 1.165) is 6.42 Å². The molecule has 0 amide bonds. The molecule has 0 saturated heterocycles. The van der Waals surface area contributed by atoms with Crippen molar-refractivity contribution in [2.75, 3.05) is 0 Å². The first-order valence-corrected chi connectivity index (χ1v) is 17.0. The molecule has 322 valence electrons. The molecule has 0 aromatic carbocycles. The first-order valence-electron chi connectivity index (χ1n) is 17.0. The van der Waals surface area contributed by atoms with E-state index >= 15 is 0 Å². The molecule has 10 heteroatoms. The summed E-state index contributed by atoms with van der Waals surface area (Å²) in [4.78, 5) is 56.0. The van der Waals surface area contributed by atoms with Crippen molar-refractivity contribution in [3.05, 3.63) is 12.7 Å². The zero-order chi connectivity index (χ0) is 40.6. The summed E-state index contributed by atoms with van der Waals surface area (Å²) < 4.78 is 20.7. The maximum absolute atomic E-state index is 11.6. The third kappa shape index (κ3) is 41.7. The Kier molecular flexibility index (Phi) is 34.4. The summed E-state index contributed by atoms with van der Waals surface area (Å²) in [5.41, 5.74) is -3.49. The summed E-state index contributed by atoms with van der Waals surface area (Å²) in [6.07, 6.45) is 2.97. The van der Waals surface area contributed by atoms with Crippen LogP contribution in [0.25, 0.3) is 0 Å². The highest BCUT2D eigenvalue weighted by molar-refractivity contribution is 5.82. The van der Waals surface area contributed by atoms with Crippen molar-refractivity contribution in [2.45, 2.75) is 217 Å². The van der Waals surface area contributed by atoms with Gasteiger partial charge in [-0.3, -0.25) is 24.0 Å². The minimum atomic E-state index is -0.999. The van der Waals surface area contributed by atoms with Crippen LogP contribution in [-0.2, 0) is 42.9 Å². The highest BCUT2D eigenvalue weighted by Crippen LogP contribution is 2.27. The standard InChI is InChI=1S/C11H20O2.C10H18O4.C10H20O2.C8H16O2.4CH4/c1-7-8-11(5,6)9(12)13-10(2,3)4;1-9(2,3)14-8(13)10(4,5)6-7(11)12;1-7-10(5,6)8(11)12-9(2,3)4;1-6(2)7(9)10-8(3,4)5;;;;/h7H,1,8H2,2-6H3;6H2,1-5H3,(H,11,12);7H2,1-6H3;6H,1-5H3;4*1H4. The van der Waals surface area contributed by atoms with Gasteiger partial charge in [-0.2, -0.15) is 0 Å². The fraction of sp³-hybridized carbons (Fsp3) is 0.837. The van der Waals surface area contributed by atoms with Crippen molar-refractivity contribution in [3.63, 3.8) is 0 Å². The van der Waals surface area contributed by atoms with Gasteiger partial charge in [0, 0.05) is 0 Å². The number of hydrogen-bond acceptors (Lipinski definition) is 9. The average molecular weight is 767 g/mol. The van der Waals surface area contributed by atoms with Crippen molar-refractivity contribution < 1.29 is 48.0 Å². The molecule has 0 fully saturated rings. The summed E-state index contributed by atoms with van der Waals surface area (Å²) in [7, 11) is 0. The Bertz CT molecular complexity index is 1050. The second kappa shape index (κ2) is 26.8. The fourth-order valence-electron chi connectivity index (χ4n) is 2.71. The molecule has 0 aromatic rings. The maximum atomic E-state index is 11.6. The lowest BCUT2D eigenvalue weighted by molar-refractivity contribution is -0.169. The molecule has 0 spiro atoms. The van der Waals surface area contributed by atoms with Crippen LogP contribution < -0.4 is 0 Å². The zero-order valence-corrected chi connectivity index (χ0v) is 35.1. The molecule has 0 heterocycles. The smallest absolute Gasteiger partial charge is 0.312 e. The number of carbonyl (C=O) groups is 5. The number of allylic oxidation sites excluding steroid dienone is 1. The Morgan fingerprint density at radius 3 is 0.981 bits per heavy atom. The van der Waals surface area contributed by atoms with E-state index in [1.807, 2.05) is 111 Å². The highest BCUT2D eigenvalue weighted by Gasteiger charge is 2.35. The first-order chi connectivity index (χ1) is 21.2. The SMILES string of the molecule is C.C.C.C.C=CCC(C)(C)C(=O)OC(C)(C)C.CC(C)(C)OC(=O)C(C)(C)CC(=O)O.CC(C)C(=O)OC(C)(C)C.CCC(C)(C)C(=O)OC(C)(C)C. The van der Waals surface area contributed by atoms with Crippen LogP contribution in [0.3, 0.4) is 0 Å². The lowest BCUT2D eigenvalue weighted by atomic mass is 9.89. The van der Waals surface area contributed by atoms with Gasteiger partial charge in [0.2, 0.25) is 0 Å². The summed E-state index contributed by atoms with van der Waals surface area (Å²) in [5.74, 6) is -1.92. The number of esters is 4. The summed E-state index contributed by atoms with van der Waals surface area (Å²) in [6.45, 7) is 42.1. The largest absolute Gasteiger partial charge is 0.481 e. The van der Waals surface area contributed by atoms with Crippen LogP contribution in [0.2, 0.25) is 0 Å². The minimum absolute atomic E-state index is 0. The van der Waals surface area contributed by atoms with Gasteiger partial charge in [0.15, 0.2) is 0 Å². The van der Waals surface area contributed by atoms with Crippen LogP contribution in [0.1, 0.15) is 194 Å². The van der Waals surface area contributed by atoms with Gasteiger partial charge in [-0.15, -0.1) is 6.58 Å². The third-order valence-corrected chi connectivity index (χ3v) is 5.86. The van der Waals surface area contributed by atoms with Gasteiger partial charge >= 0.3 is 29.8 Å². The Hall–Kier alpha value is -2.91. The molecule has 0 rings (SSSR count). The third-order valence-electron chi connectivity index (χ3n) is 5.86. The number of carboxylic acid groups (broad SMARTS) is 1. The van der Waals surface area contributed by atoms with E-state index in [9.17, 15) is 24.0 Å². The Labute approximate surface area is 328 Å². The minimum Gasteiger partial charge on any atom is -0.481 e. The molecule has 1 N–H and O–H groups in total. The highest BCUT2D eigenvalue weighted by atomic mass is 16.6. The first kappa shape index (κ1) is 68.1. The van der Waals surface area contributed by atoms with E-state index in [0.29, 0.717) is 6.42 Å². The second-order valence-corrected chi connectivity index (χ2v) is 18.3. The van der Waals surface area contributed by atoms with E-state index < -0.39 is 34.0 Å². The molecule has 0 saturated carbocycles. The normalized spacial score (nSPS) is 11.4. The lowest BCUT2D eigenvalue weighted by Gasteiger charge is -2.27. The number of hydrogen-bond donors (Lipinski definition) is 1. The van der Waals surface area contributed by atoms with Crippen LogP contribution in [-0.4, -0.2) is 57.4 Å². The number of carboxylic acids is 1. The predicted octanol–water partition coefficient (Wildman–Crippen LogP) is 12.1. The molecule has 0 radical (unpaired) electrons. The second-order valence-electron chi connectivity index (χ2n) is 18.3. The van der Waals surface area contributed by atoms with Crippen molar-refractivity contribution >= 4 is 29.8 Å². The van der Waals surface area contributed by atoms with Crippen LogP contribution in [0, 0.1) is 22.2 Å². The van der Waals surface area contributed by atoms with Crippen molar-refractivity contribution in [2.24, 2.45) is 22.2 Å². The molecule has 0 bridgehead atoms. The van der Waals surface area contributed by atoms with Gasteiger partial charge in [0.25, 0.3) is 0 Å². The van der Waals surface area contributed by atoms with E-state index in [-0.39, 0.29) is 76.6 Å². The fourth-order valence-corrected chi connectivity index (χ4v) is 2.71. The van der Waals surface area contributed by atoms with Crippen molar-refractivity contribution in [3.8, 4) is 0 Å². The van der Waals surface area contributed by atoms with Gasteiger partial charge in [-0.1, -0.05) is 56.6 Å². The monoisotopic (exact) mass is 767 g/mol. The number of aliphatic carboxylic acids is 1. The molecule has 0 aliphatic rings. The van der Waals surface area contributed by atoms with Gasteiger partial charge in [-0.25, -0.2) is 0 Å². The Balaban J connectivity index is -0.0000000833. The van der Waals surface area contributed by atoms with Gasteiger partial charge in [-0.05, 0) is 137 Å². The molecule has 0 unspecified atom stereocenters. The molecule has 0 atom stereocenters. The average Bonchev–Trinajstić information content (AvgIpc) is 2.80. The zero-order valence-electron chi connectivity index (χ0n) is 35.1. The van der Waals surface area contributed by atoms with Crippen LogP contribution in [0.5, 0.6) is 0 Å². The predicted molar refractivity (Wildman–Crippen MR) is 224 cm³/mol. The van der Waals surface area contributed by atoms with Gasteiger partial charge in [0.05, 0.1) is 28.6 Å². The van der Waals surface area contributed by atoms with E-state index in [1.165, 1.54) is 0 Å². The Morgan fingerprint density at radius 2 is 0.792 bits per heavy atom. The van der Waals surface area contributed by atoms with Gasteiger partial charge < -0.3 is 24.1 Å². The molecule has 10 nitrogen and oxygen atoms in total.